The number of hydrogen-bond acceptors (Lipinski definition) is 8. The molecule has 4 rings (SSSR count). The van der Waals surface area contributed by atoms with Crippen molar-refractivity contribution >= 4 is 17.4 Å². The van der Waals surface area contributed by atoms with Gasteiger partial charge in [-0.25, -0.2) is 9.67 Å². The van der Waals surface area contributed by atoms with Crippen LogP contribution in [0.4, 0.5) is 11.5 Å². The molecule has 3 aromatic rings. The van der Waals surface area contributed by atoms with Gasteiger partial charge in [-0.05, 0) is 18.2 Å². The molecule has 11 heteroatoms. The normalized spacial score (nSPS) is 14.1. The van der Waals surface area contributed by atoms with Crippen LogP contribution in [0.5, 0.6) is 0 Å². The van der Waals surface area contributed by atoms with Crippen molar-refractivity contribution in [3.63, 3.8) is 0 Å². The lowest BCUT2D eigenvalue weighted by molar-refractivity contribution is -0.384. The Bertz CT molecular complexity index is 982. The number of anilines is 1. The average Bonchev–Trinajstić information content (AvgIpc) is 3.28. The van der Waals surface area contributed by atoms with Gasteiger partial charge in [-0.15, -0.1) is 10.2 Å². The molecular formula is C17H16N8O3. The van der Waals surface area contributed by atoms with Crippen LogP contribution in [0.2, 0.25) is 0 Å². The SMILES string of the molecule is O=C(c1cccc([N+](=O)[O-])c1)N1CCN(c2ccc(-n3cncn3)nn2)CC1. The summed E-state index contributed by atoms with van der Waals surface area (Å²) in [6.45, 7) is 2.18. The molecule has 2 aromatic heterocycles. The molecule has 0 unspecified atom stereocenters. The van der Waals surface area contributed by atoms with E-state index in [1.54, 1.807) is 23.4 Å². The predicted molar refractivity (Wildman–Crippen MR) is 98.2 cm³/mol. The van der Waals surface area contributed by atoms with Crippen LogP contribution in [-0.4, -0.2) is 66.9 Å². The van der Waals surface area contributed by atoms with Gasteiger partial charge in [0.25, 0.3) is 11.6 Å². The van der Waals surface area contributed by atoms with E-state index in [1.807, 2.05) is 11.0 Å². The number of piperazine rings is 1. The summed E-state index contributed by atoms with van der Waals surface area (Å²) in [4.78, 5) is 30.6. The fraction of sp³-hybridized carbons (Fsp3) is 0.235. The molecule has 1 aliphatic rings. The number of benzene rings is 1. The van der Waals surface area contributed by atoms with E-state index in [-0.39, 0.29) is 11.6 Å². The van der Waals surface area contributed by atoms with Crippen molar-refractivity contribution in [2.45, 2.75) is 0 Å². The number of nitro benzene ring substituents is 1. The Hall–Kier alpha value is -3.89. The molecule has 0 N–H and O–H groups in total. The Morgan fingerprint density at radius 2 is 1.79 bits per heavy atom. The largest absolute Gasteiger partial charge is 0.352 e. The molecule has 1 saturated heterocycles. The Morgan fingerprint density at radius 3 is 2.43 bits per heavy atom. The van der Waals surface area contributed by atoms with Crippen molar-refractivity contribution in [3.8, 4) is 5.82 Å². The van der Waals surface area contributed by atoms with Crippen molar-refractivity contribution in [2.75, 3.05) is 31.1 Å². The molecule has 0 radical (unpaired) electrons. The third-order valence-electron chi connectivity index (χ3n) is 4.48. The molecule has 28 heavy (non-hydrogen) atoms. The zero-order valence-corrected chi connectivity index (χ0v) is 14.7. The molecule has 3 heterocycles. The first-order valence-electron chi connectivity index (χ1n) is 8.59. The molecule has 0 bridgehead atoms. The van der Waals surface area contributed by atoms with Crippen molar-refractivity contribution in [1.29, 1.82) is 0 Å². The maximum Gasteiger partial charge on any atom is 0.270 e. The summed E-state index contributed by atoms with van der Waals surface area (Å²) < 4.78 is 1.52. The quantitative estimate of drug-likeness (QED) is 0.484. The molecule has 11 nitrogen and oxygen atoms in total. The summed E-state index contributed by atoms with van der Waals surface area (Å²) in [5.41, 5.74) is 0.229. The number of hydrogen-bond donors (Lipinski definition) is 0. The van der Waals surface area contributed by atoms with Crippen molar-refractivity contribution in [2.24, 2.45) is 0 Å². The van der Waals surface area contributed by atoms with Gasteiger partial charge in [-0.1, -0.05) is 6.07 Å². The summed E-state index contributed by atoms with van der Waals surface area (Å²) >= 11 is 0. The second-order valence-corrected chi connectivity index (χ2v) is 6.18. The van der Waals surface area contributed by atoms with Crippen LogP contribution in [0.25, 0.3) is 5.82 Å². The van der Waals surface area contributed by atoms with Gasteiger partial charge in [-0.3, -0.25) is 14.9 Å². The first kappa shape index (κ1) is 17.5. The molecule has 0 aliphatic carbocycles. The second-order valence-electron chi connectivity index (χ2n) is 6.18. The van der Waals surface area contributed by atoms with Crippen LogP contribution in [0, 0.1) is 10.1 Å². The number of non-ortho nitro benzene ring substituents is 1. The van der Waals surface area contributed by atoms with Gasteiger partial charge in [0.1, 0.15) is 12.7 Å². The van der Waals surface area contributed by atoms with Gasteiger partial charge < -0.3 is 9.80 Å². The maximum absolute atomic E-state index is 12.6. The lowest BCUT2D eigenvalue weighted by atomic mass is 10.1. The van der Waals surface area contributed by atoms with Gasteiger partial charge in [-0.2, -0.15) is 5.10 Å². The molecule has 0 atom stereocenters. The lowest BCUT2D eigenvalue weighted by Gasteiger charge is -2.35. The summed E-state index contributed by atoms with van der Waals surface area (Å²) in [5.74, 6) is 1.07. The van der Waals surface area contributed by atoms with E-state index in [1.165, 1.54) is 29.2 Å². The maximum atomic E-state index is 12.6. The van der Waals surface area contributed by atoms with Crippen LogP contribution >= 0.6 is 0 Å². The lowest BCUT2D eigenvalue weighted by Crippen LogP contribution is -2.49. The zero-order valence-electron chi connectivity index (χ0n) is 14.7. The molecule has 1 aromatic carbocycles. The number of nitro groups is 1. The Balaban J connectivity index is 1.40. The van der Waals surface area contributed by atoms with Gasteiger partial charge in [0.05, 0.1) is 4.92 Å². The first-order valence-corrected chi connectivity index (χ1v) is 8.59. The van der Waals surface area contributed by atoms with Gasteiger partial charge in [0, 0.05) is 43.9 Å². The number of carbonyl (C=O) groups excluding carboxylic acids is 1. The highest BCUT2D eigenvalue weighted by Gasteiger charge is 2.24. The minimum atomic E-state index is -0.504. The Morgan fingerprint density at radius 1 is 1.04 bits per heavy atom. The van der Waals surface area contributed by atoms with E-state index in [0.29, 0.717) is 43.4 Å². The van der Waals surface area contributed by atoms with Crippen LogP contribution in [0.15, 0.2) is 49.1 Å². The second kappa shape index (κ2) is 7.39. The van der Waals surface area contributed by atoms with E-state index in [2.05, 4.69) is 20.3 Å². The monoisotopic (exact) mass is 380 g/mol. The van der Waals surface area contributed by atoms with Crippen molar-refractivity contribution in [1.82, 2.24) is 29.9 Å². The summed E-state index contributed by atoms with van der Waals surface area (Å²) in [7, 11) is 0. The summed E-state index contributed by atoms with van der Waals surface area (Å²) in [5, 5.41) is 23.3. The van der Waals surface area contributed by atoms with Crippen LogP contribution in [-0.2, 0) is 0 Å². The van der Waals surface area contributed by atoms with E-state index in [9.17, 15) is 14.9 Å². The van der Waals surface area contributed by atoms with Gasteiger partial charge in [0.15, 0.2) is 11.6 Å². The van der Waals surface area contributed by atoms with E-state index in [0.717, 1.165) is 0 Å². The molecule has 1 fully saturated rings. The smallest absolute Gasteiger partial charge is 0.270 e. The van der Waals surface area contributed by atoms with E-state index < -0.39 is 4.92 Å². The minimum Gasteiger partial charge on any atom is -0.352 e. The molecule has 1 amide bonds. The summed E-state index contributed by atoms with van der Waals surface area (Å²) in [6.07, 6.45) is 2.97. The third-order valence-corrected chi connectivity index (χ3v) is 4.48. The molecule has 0 saturated carbocycles. The van der Waals surface area contributed by atoms with Crippen molar-refractivity contribution < 1.29 is 9.72 Å². The topological polar surface area (TPSA) is 123 Å². The Labute approximate surface area is 159 Å². The van der Waals surface area contributed by atoms with E-state index in [4.69, 9.17) is 0 Å². The standard InChI is InChI=1S/C17H16N8O3/c26-17(13-2-1-3-14(10-13)25(27)28)23-8-6-22(7-9-23)15-4-5-16(21-20-15)24-12-18-11-19-24/h1-5,10-12H,6-9H2. The number of rotatable bonds is 4. The van der Waals surface area contributed by atoms with Gasteiger partial charge in [0.2, 0.25) is 0 Å². The van der Waals surface area contributed by atoms with Crippen LogP contribution in [0.3, 0.4) is 0 Å². The minimum absolute atomic E-state index is 0.0905. The predicted octanol–water partition coefficient (Wildman–Crippen LogP) is 0.928. The number of nitrogens with zero attached hydrogens (tertiary/aromatic N) is 8. The molecule has 142 valence electrons. The third kappa shape index (κ3) is 3.49. The molecule has 0 spiro atoms. The Kier molecular flexibility index (Phi) is 4.62. The number of carbonyl (C=O) groups is 1. The number of amides is 1. The fourth-order valence-electron chi connectivity index (χ4n) is 3.01. The highest BCUT2D eigenvalue weighted by Crippen LogP contribution is 2.18. The fourth-order valence-corrected chi connectivity index (χ4v) is 3.01. The number of aromatic nitrogens is 5. The van der Waals surface area contributed by atoms with E-state index >= 15 is 0 Å². The molecule has 1 aliphatic heterocycles. The van der Waals surface area contributed by atoms with Gasteiger partial charge >= 0.3 is 0 Å². The highest BCUT2D eigenvalue weighted by atomic mass is 16.6. The highest BCUT2D eigenvalue weighted by molar-refractivity contribution is 5.95. The first-order chi connectivity index (χ1) is 13.6. The average molecular weight is 380 g/mol. The van der Waals surface area contributed by atoms with Crippen LogP contribution in [0.1, 0.15) is 10.4 Å². The zero-order chi connectivity index (χ0) is 19.5. The van der Waals surface area contributed by atoms with Crippen molar-refractivity contribution in [3.05, 3.63) is 64.7 Å². The molecular weight excluding hydrogens is 364 g/mol. The van der Waals surface area contributed by atoms with Crippen LogP contribution < -0.4 is 4.90 Å². The summed E-state index contributed by atoms with van der Waals surface area (Å²) in [6, 6.07) is 9.45.